The second-order valence-electron chi connectivity index (χ2n) is 7.06. The molecule has 1 heterocycles. The number of carbonyl (C=O) groups is 1. The maximum absolute atomic E-state index is 12.4. The van der Waals surface area contributed by atoms with Crippen molar-refractivity contribution in [3.8, 4) is 28.5 Å². The number of hydrogen-bond acceptors (Lipinski definition) is 6. The lowest BCUT2D eigenvalue weighted by molar-refractivity contribution is 0.0950. The van der Waals surface area contributed by atoms with Gasteiger partial charge in [0, 0.05) is 5.56 Å². The maximum atomic E-state index is 12.4. The third-order valence-electron chi connectivity index (χ3n) is 4.78. The molecule has 0 unspecified atom stereocenters. The number of aromatic nitrogens is 2. The van der Waals surface area contributed by atoms with Crippen LogP contribution >= 0.6 is 0 Å². The highest BCUT2D eigenvalue weighted by Crippen LogP contribution is 2.31. The number of ether oxygens (including phenoxy) is 3. The van der Waals surface area contributed by atoms with Crippen molar-refractivity contribution in [3.63, 3.8) is 0 Å². The van der Waals surface area contributed by atoms with Crippen molar-refractivity contribution >= 4 is 12.1 Å². The second kappa shape index (κ2) is 11.5. The number of H-pyrrole nitrogens is 1. The van der Waals surface area contributed by atoms with Crippen LogP contribution in [0.25, 0.3) is 11.3 Å². The van der Waals surface area contributed by atoms with E-state index >= 15 is 0 Å². The van der Waals surface area contributed by atoms with Gasteiger partial charge in [0.15, 0.2) is 11.5 Å². The van der Waals surface area contributed by atoms with Crippen molar-refractivity contribution in [3.05, 3.63) is 59.8 Å². The van der Waals surface area contributed by atoms with Crippen LogP contribution < -0.4 is 19.6 Å². The van der Waals surface area contributed by atoms with Gasteiger partial charge in [0.2, 0.25) is 0 Å². The van der Waals surface area contributed by atoms with Gasteiger partial charge in [-0.3, -0.25) is 9.89 Å². The van der Waals surface area contributed by atoms with Crippen LogP contribution in [0.4, 0.5) is 0 Å². The van der Waals surface area contributed by atoms with Gasteiger partial charge < -0.3 is 14.2 Å². The number of hydrogen-bond donors (Lipinski definition) is 2. The average Bonchev–Trinajstić information content (AvgIpc) is 3.33. The van der Waals surface area contributed by atoms with Gasteiger partial charge in [0.25, 0.3) is 5.91 Å². The number of carbonyl (C=O) groups excluding carboxylic acids is 1. The predicted molar refractivity (Wildman–Crippen MR) is 124 cm³/mol. The number of benzene rings is 2. The van der Waals surface area contributed by atoms with E-state index in [1.165, 1.54) is 6.42 Å². The highest BCUT2D eigenvalue weighted by Gasteiger charge is 2.12. The van der Waals surface area contributed by atoms with Gasteiger partial charge in [-0.2, -0.15) is 10.2 Å². The van der Waals surface area contributed by atoms with Gasteiger partial charge in [-0.15, -0.1) is 0 Å². The lowest BCUT2D eigenvalue weighted by Gasteiger charge is -2.08. The van der Waals surface area contributed by atoms with Crippen LogP contribution in [0.15, 0.2) is 53.6 Å². The van der Waals surface area contributed by atoms with Gasteiger partial charge in [-0.1, -0.05) is 19.8 Å². The van der Waals surface area contributed by atoms with Gasteiger partial charge in [-0.05, 0) is 60.5 Å². The first-order valence-corrected chi connectivity index (χ1v) is 10.5. The standard InChI is InChI=1S/C24H28N4O4/c1-4-5-6-13-32-19-10-7-17(8-11-19)16-25-28-24(29)21-15-20(26-27-21)18-9-12-22(30-2)23(14-18)31-3/h7-12,14-16H,4-6,13H2,1-3H3,(H,26,27)(H,28,29). The van der Waals surface area contributed by atoms with Crippen LogP contribution in [0.2, 0.25) is 0 Å². The maximum Gasteiger partial charge on any atom is 0.289 e. The Morgan fingerprint density at radius 2 is 1.84 bits per heavy atom. The molecule has 2 N–H and O–H groups in total. The molecule has 0 spiro atoms. The Morgan fingerprint density at radius 3 is 2.56 bits per heavy atom. The molecular weight excluding hydrogens is 408 g/mol. The molecule has 0 radical (unpaired) electrons. The summed E-state index contributed by atoms with van der Waals surface area (Å²) in [5.41, 5.74) is 5.04. The number of amides is 1. The number of aromatic amines is 1. The van der Waals surface area contributed by atoms with E-state index in [-0.39, 0.29) is 0 Å². The van der Waals surface area contributed by atoms with Crippen LogP contribution in [-0.4, -0.2) is 43.1 Å². The first-order chi connectivity index (χ1) is 15.6. The Morgan fingerprint density at radius 1 is 1.06 bits per heavy atom. The van der Waals surface area contributed by atoms with E-state index in [1.54, 1.807) is 38.6 Å². The third kappa shape index (κ3) is 6.10. The lowest BCUT2D eigenvalue weighted by Crippen LogP contribution is -2.17. The van der Waals surface area contributed by atoms with Gasteiger partial charge in [0.05, 0.1) is 32.7 Å². The van der Waals surface area contributed by atoms with Gasteiger partial charge >= 0.3 is 0 Å². The molecule has 0 atom stereocenters. The molecule has 0 fully saturated rings. The highest BCUT2D eigenvalue weighted by molar-refractivity contribution is 5.94. The first kappa shape index (κ1) is 22.9. The molecule has 8 heteroatoms. The second-order valence-corrected chi connectivity index (χ2v) is 7.06. The van der Waals surface area contributed by atoms with E-state index in [0.29, 0.717) is 29.5 Å². The zero-order valence-electron chi connectivity index (χ0n) is 18.6. The third-order valence-corrected chi connectivity index (χ3v) is 4.78. The quantitative estimate of drug-likeness (QED) is 0.263. The van der Waals surface area contributed by atoms with E-state index in [9.17, 15) is 4.79 Å². The fourth-order valence-electron chi connectivity index (χ4n) is 3.00. The Balaban J connectivity index is 1.55. The molecule has 32 heavy (non-hydrogen) atoms. The number of unbranched alkanes of at least 4 members (excludes halogenated alkanes) is 2. The number of hydrazone groups is 1. The summed E-state index contributed by atoms with van der Waals surface area (Å²) in [6.45, 7) is 2.88. The summed E-state index contributed by atoms with van der Waals surface area (Å²) in [4.78, 5) is 12.4. The Hall–Kier alpha value is -3.81. The van der Waals surface area contributed by atoms with Crippen molar-refractivity contribution < 1.29 is 19.0 Å². The minimum Gasteiger partial charge on any atom is -0.494 e. The molecule has 168 valence electrons. The van der Waals surface area contributed by atoms with Crippen molar-refractivity contribution in [1.29, 1.82) is 0 Å². The molecule has 0 aliphatic rings. The molecule has 0 bridgehead atoms. The fraction of sp³-hybridized carbons (Fsp3) is 0.292. The molecule has 0 aliphatic carbocycles. The summed E-state index contributed by atoms with van der Waals surface area (Å²) in [6.07, 6.45) is 4.95. The Kier molecular flexibility index (Phi) is 8.25. The van der Waals surface area contributed by atoms with E-state index < -0.39 is 5.91 Å². The minimum atomic E-state index is -0.392. The zero-order valence-corrected chi connectivity index (χ0v) is 18.6. The summed E-state index contributed by atoms with van der Waals surface area (Å²) in [5, 5.41) is 10.9. The summed E-state index contributed by atoms with van der Waals surface area (Å²) < 4.78 is 16.2. The average molecular weight is 437 g/mol. The van der Waals surface area contributed by atoms with Crippen molar-refractivity contribution in [2.24, 2.45) is 5.10 Å². The number of rotatable bonds is 11. The molecule has 3 aromatic rings. The van der Waals surface area contributed by atoms with Crippen molar-refractivity contribution in [2.75, 3.05) is 20.8 Å². The number of nitrogens with zero attached hydrogens (tertiary/aromatic N) is 2. The first-order valence-electron chi connectivity index (χ1n) is 10.5. The topological polar surface area (TPSA) is 97.8 Å². The normalized spacial score (nSPS) is 10.8. The summed E-state index contributed by atoms with van der Waals surface area (Å²) >= 11 is 0. The van der Waals surface area contributed by atoms with Crippen molar-refractivity contribution in [2.45, 2.75) is 26.2 Å². The van der Waals surface area contributed by atoms with Crippen LogP contribution in [0, 0.1) is 0 Å². The van der Waals surface area contributed by atoms with Gasteiger partial charge in [-0.25, -0.2) is 5.43 Å². The SMILES string of the molecule is CCCCCOc1ccc(C=NNC(=O)c2cc(-c3ccc(OC)c(OC)c3)n[nH]2)cc1. The molecule has 2 aromatic carbocycles. The minimum absolute atomic E-state index is 0.294. The summed E-state index contributed by atoms with van der Waals surface area (Å²) in [6, 6.07) is 14.6. The van der Waals surface area contributed by atoms with E-state index in [2.05, 4.69) is 27.6 Å². The van der Waals surface area contributed by atoms with Crippen LogP contribution in [0.3, 0.4) is 0 Å². The molecule has 8 nitrogen and oxygen atoms in total. The Labute approximate surface area is 187 Å². The van der Waals surface area contributed by atoms with Crippen molar-refractivity contribution in [1.82, 2.24) is 15.6 Å². The largest absolute Gasteiger partial charge is 0.494 e. The fourth-order valence-corrected chi connectivity index (χ4v) is 3.00. The monoisotopic (exact) mass is 436 g/mol. The molecule has 0 saturated heterocycles. The molecule has 0 saturated carbocycles. The predicted octanol–water partition coefficient (Wildman–Crippen LogP) is 4.43. The molecule has 0 aliphatic heterocycles. The van der Waals surface area contributed by atoms with E-state index in [0.717, 1.165) is 29.7 Å². The summed E-state index contributed by atoms with van der Waals surface area (Å²) in [5.74, 6) is 1.63. The summed E-state index contributed by atoms with van der Waals surface area (Å²) in [7, 11) is 3.14. The Bertz CT molecular complexity index is 1040. The lowest BCUT2D eigenvalue weighted by atomic mass is 10.1. The number of methoxy groups -OCH3 is 2. The molecule has 3 rings (SSSR count). The van der Waals surface area contributed by atoms with Gasteiger partial charge in [0.1, 0.15) is 11.4 Å². The number of nitrogens with one attached hydrogen (secondary N) is 2. The van der Waals surface area contributed by atoms with E-state index in [4.69, 9.17) is 14.2 Å². The highest BCUT2D eigenvalue weighted by atomic mass is 16.5. The molecular formula is C24H28N4O4. The molecule has 1 aromatic heterocycles. The van der Waals surface area contributed by atoms with E-state index in [1.807, 2.05) is 30.3 Å². The smallest absolute Gasteiger partial charge is 0.289 e. The van der Waals surface area contributed by atoms with Crippen LogP contribution in [0.5, 0.6) is 17.2 Å². The van der Waals surface area contributed by atoms with Crippen LogP contribution in [0.1, 0.15) is 42.2 Å². The zero-order chi connectivity index (χ0) is 22.8. The van der Waals surface area contributed by atoms with Crippen LogP contribution in [-0.2, 0) is 0 Å². The molecule has 1 amide bonds.